The van der Waals surface area contributed by atoms with Gasteiger partial charge in [0.15, 0.2) is 0 Å². The molecule has 0 radical (unpaired) electrons. The molecule has 0 amide bonds. The van der Waals surface area contributed by atoms with Crippen LogP contribution in [0.4, 0.5) is 0 Å². The van der Waals surface area contributed by atoms with Crippen molar-refractivity contribution in [3.8, 4) is 11.1 Å². The molecule has 2 aromatic carbocycles. The normalized spacial score (nSPS) is 18.7. The quantitative estimate of drug-likeness (QED) is 0.643. The Morgan fingerprint density at radius 2 is 1.72 bits per heavy atom. The summed E-state index contributed by atoms with van der Waals surface area (Å²) in [7, 11) is 0. The Hall–Kier alpha value is -1.56. The molecule has 0 saturated heterocycles. The van der Waals surface area contributed by atoms with Crippen molar-refractivity contribution >= 4 is 0 Å². The lowest BCUT2D eigenvalue weighted by Gasteiger charge is -2.22. The smallest absolute Gasteiger partial charge is 0.0622 e. The Morgan fingerprint density at radius 1 is 1.06 bits per heavy atom. The zero-order valence-electron chi connectivity index (χ0n) is 19.2. The van der Waals surface area contributed by atoms with Crippen LogP contribution in [0, 0.1) is 13.8 Å². The molecule has 0 spiro atoms. The van der Waals surface area contributed by atoms with Crippen LogP contribution in [-0.4, -0.2) is 0 Å². The highest BCUT2D eigenvalue weighted by Gasteiger charge is 2.16. The largest absolute Gasteiger partial charge is 0.0629 e. The Morgan fingerprint density at radius 3 is 2.28 bits per heavy atom. The molecule has 0 aliphatic heterocycles. The summed E-state index contributed by atoms with van der Waals surface area (Å²) in [6, 6.07) is 1.36. The van der Waals surface area contributed by atoms with Crippen LogP contribution in [0.25, 0.3) is 11.1 Å². The van der Waals surface area contributed by atoms with Crippen LogP contribution in [0.2, 0.25) is 0 Å². The zero-order chi connectivity index (χ0) is 20.2. The second kappa shape index (κ2) is 4.61. The third-order valence-electron chi connectivity index (χ3n) is 3.04. The van der Waals surface area contributed by atoms with Gasteiger partial charge in [0, 0.05) is 4.11 Å². The number of rotatable bonds is 1. The third kappa shape index (κ3) is 2.48. The average molecular weight is 246 g/mol. The maximum absolute atomic E-state index is 8.21. The Labute approximate surface area is 122 Å². The monoisotopic (exact) mass is 246 g/mol. The number of aryl methyl sites for hydroxylation is 1. The molecule has 0 bridgehead atoms. The molecule has 0 saturated carbocycles. The maximum Gasteiger partial charge on any atom is 0.0629 e. The summed E-state index contributed by atoms with van der Waals surface area (Å²) in [5, 5.41) is 0. The highest BCUT2D eigenvalue weighted by molar-refractivity contribution is 5.69. The first-order valence-electron chi connectivity index (χ1n) is 9.90. The number of hydrogen-bond acceptors (Lipinski definition) is 0. The third-order valence-corrected chi connectivity index (χ3v) is 3.04. The van der Waals surface area contributed by atoms with E-state index < -0.39 is 25.0 Å². The van der Waals surface area contributed by atoms with E-state index >= 15 is 0 Å². The molecule has 0 heterocycles. The van der Waals surface area contributed by atoms with E-state index in [1.165, 1.54) is 0 Å². The molecule has 0 aliphatic carbocycles. The van der Waals surface area contributed by atoms with Crippen molar-refractivity contribution in [3.05, 3.63) is 59.0 Å². The first-order chi connectivity index (χ1) is 11.7. The highest BCUT2D eigenvalue weighted by Crippen LogP contribution is 2.32. The van der Waals surface area contributed by atoms with E-state index in [2.05, 4.69) is 0 Å². The molecule has 0 aromatic heterocycles. The summed E-state index contributed by atoms with van der Waals surface area (Å²) in [6.07, 6.45) is 0. The molecule has 0 aliphatic rings. The molecule has 0 fully saturated rings. The van der Waals surface area contributed by atoms with Gasteiger partial charge < -0.3 is 0 Å². The van der Waals surface area contributed by atoms with E-state index in [0.29, 0.717) is 11.1 Å². The molecule has 94 valence electrons. The zero-order valence-corrected chi connectivity index (χ0v) is 11.2. The van der Waals surface area contributed by atoms with Crippen LogP contribution in [0.3, 0.4) is 0 Å². The van der Waals surface area contributed by atoms with Gasteiger partial charge in [0.25, 0.3) is 0 Å². The summed E-state index contributed by atoms with van der Waals surface area (Å²) < 4.78 is 63.5. The topological polar surface area (TPSA) is 0 Å². The molecule has 0 unspecified atom stereocenters. The Bertz CT molecular complexity index is 843. The van der Waals surface area contributed by atoms with E-state index in [-0.39, 0.29) is 28.6 Å². The van der Waals surface area contributed by atoms with Crippen LogP contribution in [0.15, 0.2) is 42.3 Å². The van der Waals surface area contributed by atoms with E-state index in [1.807, 2.05) is 20.8 Å². The van der Waals surface area contributed by atoms with E-state index in [4.69, 9.17) is 11.0 Å². The van der Waals surface area contributed by atoms with Gasteiger partial charge in [-0.25, -0.2) is 0 Å². The van der Waals surface area contributed by atoms with Crippen molar-refractivity contribution < 1.29 is 11.0 Å². The van der Waals surface area contributed by atoms with Crippen molar-refractivity contribution in [2.75, 3.05) is 0 Å². The second-order valence-electron chi connectivity index (χ2n) is 5.45. The minimum atomic E-state index is -2.37. The first kappa shape index (κ1) is 6.06. The van der Waals surface area contributed by atoms with Crippen molar-refractivity contribution in [3.63, 3.8) is 0 Å². The SMILES string of the molecule is [2H]c1c([2H])c([2H])c(-c2cc(C(C)(C)C)cc(C([2H])([2H])[2H])c2C)c([2H])c1[2H]. The molecule has 2 rings (SSSR count). The van der Waals surface area contributed by atoms with Gasteiger partial charge in [-0.3, -0.25) is 0 Å². The van der Waals surface area contributed by atoms with Crippen molar-refractivity contribution in [2.24, 2.45) is 0 Å². The van der Waals surface area contributed by atoms with E-state index in [0.717, 1.165) is 5.56 Å². The van der Waals surface area contributed by atoms with Crippen molar-refractivity contribution in [1.82, 2.24) is 0 Å². The van der Waals surface area contributed by atoms with Crippen molar-refractivity contribution in [2.45, 2.75) is 40.0 Å². The molecule has 0 heteroatoms. The molecular weight excluding hydrogens is 216 g/mol. The van der Waals surface area contributed by atoms with Crippen LogP contribution < -0.4 is 0 Å². The Balaban J connectivity index is 3.00. The number of benzene rings is 2. The summed E-state index contributed by atoms with van der Waals surface area (Å²) in [6.45, 7) is 5.06. The van der Waals surface area contributed by atoms with Gasteiger partial charge in [-0.15, -0.1) is 0 Å². The lowest BCUT2D eigenvalue weighted by molar-refractivity contribution is 0.590. The predicted octanol–water partition coefficient (Wildman–Crippen LogP) is 5.27. The summed E-state index contributed by atoms with van der Waals surface area (Å²) in [4.78, 5) is 0. The van der Waals surface area contributed by atoms with Gasteiger partial charge in [0.2, 0.25) is 0 Å². The van der Waals surface area contributed by atoms with Gasteiger partial charge in [0.1, 0.15) is 0 Å². The van der Waals surface area contributed by atoms with Gasteiger partial charge in [0.05, 0.1) is 6.85 Å². The molecule has 0 atom stereocenters. The van der Waals surface area contributed by atoms with E-state index in [1.54, 1.807) is 19.1 Å². The fourth-order valence-corrected chi connectivity index (χ4v) is 1.79. The van der Waals surface area contributed by atoms with Gasteiger partial charge in [-0.05, 0) is 47.0 Å². The summed E-state index contributed by atoms with van der Waals surface area (Å²) >= 11 is 0. The molecule has 18 heavy (non-hydrogen) atoms. The molecular formula is C18H22. The highest BCUT2D eigenvalue weighted by atomic mass is 14.2. The first-order valence-corrected chi connectivity index (χ1v) is 5.90. The van der Waals surface area contributed by atoms with Crippen molar-refractivity contribution in [1.29, 1.82) is 0 Å². The lowest BCUT2D eigenvalue weighted by atomic mass is 9.82. The van der Waals surface area contributed by atoms with Crippen LogP contribution >= 0.6 is 0 Å². The fourth-order valence-electron chi connectivity index (χ4n) is 1.79. The molecule has 0 N–H and O–H groups in total. The van der Waals surface area contributed by atoms with Crippen LogP contribution in [-0.2, 0) is 5.41 Å². The van der Waals surface area contributed by atoms with E-state index in [9.17, 15) is 0 Å². The second-order valence-corrected chi connectivity index (χ2v) is 5.45. The Kier molecular flexibility index (Phi) is 1.55. The maximum atomic E-state index is 8.21. The minimum Gasteiger partial charge on any atom is -0.0622 e. The van der Waals surface area contributed by atoms with Gasteiger partial charge in [-0.2, -0.15) is 0 Å². The summed E-state index contributed by atoms with van der Waals surface area (Å²) in [5.74, 6) is 0. The predicted molar refractivity (Wildman–Crippen MR) is 80.1 cm³/mol. The lowest BCUT2D eigenvalue weighted by Crippen LogP contribution is -2.12. The molecule has 0 nitrogen and oxygen atoms in total. The van der Waals surface area contributed by atoms with Gasteiger partial charge in [-0.1, -0.05) is 63.1 Å². The number of hydrogen-bond donors (Lipinski definition) is 0. The summed E-state index contributed by atoms with van der Waals surface area (Å²) in [5.41, 5.74) is 1.29. The minimum absolute atomic E-state index is 0.0325. The van der Waals surface area contributed by atoms with Crippen LogP contribution in [0.1, 0.15) is 48.4 Å². The van der Waals surface area contributed by atoms with Gasteiger partial charge >= 0.3 is 0 Å². The average Bonchev–Trinajstić information content (AvgIpc) is 2.50. The fraction of sp³-hybridized carbons (Fsp3) is 0.333. The molecule has 2 aromatic rings. The van der Waals surface area contributed by atoms with Crippen LogP contribution in [0.5, 0.6) is 0 Å². The standard InChI is InChI=1S/C18H22/c1-13-11-16(18(3,4)5)12-17(14(13)2)15-9-7-6-8-10-15/h6-12H,1-5H3/i1D3,6D,7D,8D,9D,10D.